The third-order valence-corrected chi connectivity index (χ3v) is 2.33. The monoisotopic (exact) mass is 176 g/mol. The van der Waals surface area contributed by atoms with E-state index in [1.165, 1.54) is 0 Å². The molecular weight excluding hydrogens is 160 g/mol. The number of rotatable bonds is 2. The first-order chi connectivity index (χ1) is 5.08. The van der Waals surface area contributed by atoms with Crippen molar-refractivity contribution >= 4 is 8.32 Å². The normalized spacial score (nSPS) is 22.1. The topological polar surface area (TPSA) is 27.7 Å². The fraction of sp³-hybridized carbons (Fsp3) is 1.00. The molecular formula is C7H16O3Si. The molecule has 0 atom stereocenters. The summed E-state index contributed by atoms with van der Waals surface area (Å²) in [7, 11) is -1.40. The molecule has 0 aromatic heterocycles. The van der Waals surface area contributed by atoms with Crippen LogP contribution in [-0.4, -0.2) is 34.4 Å². The minimum absolute atomic E-state index is 0.162. The smallest absolute Gasteiger partial charge is 0.184 e. The second-order valence-corrected chi connectivity index (χ2v) is 8.17. The van der Waals surface area contributed by atoms with E-state index in [9.17, 15) is 0 Å². The van der Waals surface area contributed by atoms with E-state index in [0.29, 0.717) is 20.0 Å². The Labute approximate surface area is 68.8 Å². The molecule has 3 nitrogen and oxygen atoms in total. The number of hydrogen-bond donors (Lipinski definition) is 0. The molecule has 0 radical (unpaired) electrons. The first-order valence-corrected chi connectivity index (χ1v) is 7.32. The molecule has 1 rings (SSSR count). The van der Waals surface area contributed by atoms with Crippen molar-refractivity contribution in [3.8, 4) is 0 Å². The van der Waals surface area contributed by atoms with Gasteiger partial charge in [0.05, 0.1) is 19.3 Å². The Balaban J connectivity index is 2.24. The molecule has 0 spiro atoms. The van der Waals surface area contributed by atoms with Crippen LogP contribution in [0.5, 0.6) is 0 Å². The SMILES string of the molecule is C[Si](C)(C)OC1COCOC1. The molecule has 1 fully saturated rings. The summed E-state index contributed by atoms with van der Waals surface area (Å²) in [5, 5.41) is 0. The van der Waals surface area contributed by atoms with Crippen molar-refractivity contribution in [2.75, 3.05) is 20.0 Å². The van der Waals surface area contributed by atoms with E-state index < -0.39 is 8.32 Å². The van der Waals surface area contributed by atoms with Gasteiger partial charge in [-0.3, -0.25) is 0 Å². The van der Waals surface area contributed by atoms with E-state index in [0.717, 1.165) is 0 Å². The zero-order valence-electron chi connectivity index (χ0n) is 7.42. The van der Waals surface area contributed by atoms with Crippen LogP contribution in [0.2, 0.25) is 19.6 Å². The van der Waals surface area contributed by atoms with Crippen LogP contribution >= 0.6 is 0 Å². The van der Waals surface area contributed by atoms with E-state index in [4.69, 9.17) is 13.9 Å². The van der Waals surface area contributed by atoms with Crippen LogP contribution in [0.4, 0.5) is 0 Å². The summed E-state index contributed by atoms with van der Waals surface area (Å²) in [6.07, 6.45) is 0.162. The van der Waals surface area contributed by atoms with Gasteiger partial charge in [0.15, 0.2) is 8.32 Å². The van der Waals surface area contributed by atoms with Crippen molar-refractivity contribution in [1.82, 2.24) is 0 Å². The van der Waals surface area contributed by atoms with Crippen molar-refractivity contribution in [3.05, 3.63) is 0 Å². The molecule has 1 heterocycles. The lowest BCUT2D eigenvalue weighted by atomic mass is 10.4. The third-order valence-electron chi connectivity index (χ3n) is 1.29. The standard InChI is InChI=1S/C7H16O3Si/c1-11(2,3)10-7-4-8-6-9-5-7/h7H,4-6H2,1-3H3. The lowest BCUT2D eigenvalue weighted by molar-refractivity contribution is -0.145. The summed E-state index contributed by atoms with van der Waals surface area (Å²) in [5.41, 5.74) is 0. The van der Waals surface area contributed by atoms with Crippen molar-refractivity contribution < 1.29 is 13.9 Å². The quantitative estimate of drug-likeness (QED) is 0.592. The van der Waals surface area contributed by atoms with E-state index in [2.05, 4.69) is 19.6 Å². The maximum Gasteiger partial charge on any atom is 0.184 e. The van der Waals surface area contributed by atoms with Crippen molar-refractivity contribution in [2.45, 2.75) is 25.7 Å². The van der Waals surface area contributed by atoms with Gasteiger partial charge in [-0.2, -0.15) is 0 Å². The predicted molar refractivity (Wildman–Crippen MR) is 45.0 cm³/mol. The van der Waals surface area contributed by atoms with E-state index in [-0.39, 0.29) is 6.10 Å². The van der Waals surface area contributed by atoms with Gasteiger partial charge in [0.1, 0.15) is 6.79 Å². The molecule has 1 aliphatic heterocycles. The average Bonchev–Trinajstić information content (AvgIpc) is 1.85. The Morgan fingerprint density at radius 2 is 1.73 bits per heavy atom. The Morgan fingerprint density at radius 3 is 2.18 bits per heavy atom. The van der Waals surface area contributed by atoms with E-state index in [1.54, 1.807) is 0 Å². The van der Waals surface area contributed by atoms with Gasteiger partial charge < -0.3 is 13.9 Å². The summed E-state index contributed by atoms with van der Waals surface area (Å²) in [5.74, 6) is 0. The predicted octanol–water partition coefficient (Wildman–Crippen LogP) is 1.21. The van der Waals surface area contributed by atoms with Gasteiger partial charge in [-0.25, -0.2) is 0 Å². The Bertz CT molecular complexity index is 115. The second-order valence-electron chi connectivity index (χ2n) is 3.71. The van der Waals surface area contributed by atoms with Crippen molar-refractivity contribution in [1.29, 1.82) is 0 Å². The van der Waals surface area contributed by atoms with Gasteiger partial charge >= 0.3 is 0 Å². The Kier molecular flexibility index (Phi) is 3.06. The summed E-state index contributed by atoms with van der Waals surface area (Å²) in [6, 6.07) is 0. The van der Waals surface area contributed by atoms with Crippen LogP contribution in [0.3, 0.4) is 0 Å². The van der Waals surface area contributed by atoms with Crippen molar-refractivity contribution in [3.63, 3.8) is 0 Å². The van der Waals surface area contributed by atoms with E-state index in [1.807, 2.05) is 0 Å². The molecule has 0 aliphatic carbocycles. The molecule has 0 saturated carbocycles. The second kappa shape index (κ2) is 3.67. The molecule has 0 bridgehead atoms. The zero-order valence-corrected chi connectivity index (χ0v) is 8.42. The maximum atomic E-state index is 5.77. The first kappa shape index (κ1) is 9.19. The fourth-order valence-corrected chi connectivity index (χ4v) is 2.17. The molecule has 0 N–H and O–H groups in total. The molecule has 1 aliphatic rings. The van der Waals surface area contributed by atoms with Gasteiger partial charge in [0.25, 0.3) is 0 Å². The highest BCUT2D eigenvalue weighted by molar-refractivity contribution is 6.69. The molecule has 0 aromatic rings. The first-order valence-electron chi connectivity index (χ1n) is 3.91. The number of hydrogen-bond acceptors (Lipinski definition) is 3. The molecule has 1 saturated heterocycles. The van der Waals surface area contributed by atoms with E-state index >= 15 is 0 Å². The van der Waals surface area contributed by atoms with Crippen LogP contribution in [0.25, 0.3) is 0 Å². The highest BCUT2D eigenvalue weighted by Gasteiger charge is 2.23. The summed E-state index contributed by atoms with van der Waals surface area (Å²) >= 11 is 0. The molecule has 0 aromatic carbocycles. The zero-order chi connectivity index (χ0) is 8.32. The van der Waals surface area contributed by atoms with Gasteiger partial charge in [0.2, 0.25) is 0 Å². The lowest BCUT2D eigenvalue weighted by Crippen LogP contribution is -2.40. The van der Waals surface area contributed by atoms with Crippen LogP contribution in [0, 0.1) is 0 Å². The summed E-state index contributed by atoms with van der Waals surface area (Å²) in [4.78, 5) is 0. The molecule has 11 heavy (non-hydrogen) atoms. The fourth-order valence-electron chi connectivity index (χ4n) is 1.03. The van der Waals surface area contributed by atoms with Crippen LogP contribution in [0.15, 0.2) is 0 Å². The summed E-state index contributed by atoms with van der Waals surface area (Å²) in [6.45, 7) is 8.30. The lowest BCUT2D eigenvalue weighted by Gasteiger charge is -2.28. The van der Waals surface area contributed by atoms with Gasteiger partial charge in [0, 0.05) is 0 Å². The largest absolute Gasteiger partial charge is 0.410 e. The van der Waals surface area contributed by atoms with Gasteiger partial charge in [-0.15, -0.1) is 0 Å². The van der Waals surface area contributed by atoms with Crippen LogP contribution < -0.4 is 0 Å². The molecule has 4 heteroatoms. The Hall–Kier alpha value is 0.0969. The highest BCUT2D eigenvalue weighted by atomic mass is 28.4. The van der Waals surface area contributed by atoms with Crippen LogP contribution in [-0.2, 0) is 13.9 Å². The minimum Gasteiger partial charge on any atom is -0.410 e. The van der Waals surface area contributed by atoms with Gasteiger partial charge in [-0.05, 0) is 19.6 Å². The summed E-state index contributed by atoms with van der Waals surface area (Å²) < 4.78 is 16.0. The third kappa shape index (κ3) is 3.86. The van der Waals surface area contributed by atoms with Crippen molar-refractivity contribution in [2.24, 2.45) is 0 Å². The maximum absolute atomic E-state index is 5.77. The van der Waals surface area contributed by atoms with Gasteiger partial charge in [-0.1, -0.05) is 0 Å². The molecule has 0 amide bonds. The molecule has 66 valence electrons. The highest BCUT2D eigenvalue weighted by Crippen LogP contribution is 2.10. The Morgan fingerprint density at radius 1 is 1.18 bits per heavy atom. The number of ether oxygens (including phenoxy) is 2. The minimum atomic E-state index is -1.40. The van der Waals surface area contributed by atoms with Crippen LogP contribution in [0.1, 0.15) is 0 Å². The average molecular weight is 176 g/mol. The molecule has 0 unspecified atom stereocenters.